The summed E-state index contributed by atoms with van der Waals surface area (Å²) in [5, 5.41) is 6.68. The van der Waals surface area contributed by atoms with Crippen molar-refractivity contribution >= 4 is 45.5 Å². The second-order valence-electron chi connectivity index (χ2n) is 20.7. The number of benzene rings is 2. The standard InChI is InChI=1S/C54H65N11O5/c1-34-31-60(32-37-5-10-45-48(29-37)59(4)54(70)65(45)46-11-12-49(66)57-51(46)67)27-28-63(34)33-36-15-22-62(23-16-36)52(68)40-8-6-38(7-9-40)39-17-24-61(25-18-39)35(2)47-30-42-44(14-21-56-50(42)58(47)3)64-26-19-43-41(53(64)69)13-20-55-43/h5-10,14,19,21,26,29-30,34-36,39,46,55H,11-13,15-18,20,22-25,27-28,31-33H2,1-4H3,(H,57,66,67)/t34-,35-,46?/m0/s1. The van der Waals surface area contributed by atoms with Crippen molar-refractivity contribution in [2.75, 3.05) is 64.2 Å². The van der Waals surface area contributed by atoms with Crippen LogP contribution in [0.15, 0.2) is 82.6 Å². The first-order chi connectivity index (χ1) is 33.9. The number of piperidine rings is 3. The minimum Gasteiger partial charge on any atom is -0.384 e. The zero-order valence-corrected chi connectivity index (χ0v) is 40.9. The Balaban J connectivity index is 0.643. The van der Waals surface area contributed by atoms with E-state index in [1.54, 1.807) is 22.4 Å². The first-order valence-electron chi connectivity index (χ1n) is 25.5. The van der Waals surface area contributed by atoms with Crippen molar-refractivity contribution in [1.82, 2.24) is 48.2 Å². The lowest BCUT2D eigenvalue weighted by Gasteiger charge is -2.42. The Kier molecular flexibility index (Phi) is 12.3. The topological polar surface area (TPSA) is 155 Å². The van der Waals surface area contributed by atoms with E-state index in [1.165, 1.54) is 15.8 Å². The molecule has 70 heavy (non-hydrogen) atoms. The minimum atomic E-state index is -0.690. The van der Waals surface area contributed by atoms with E-state index in [0.29, 0.717) is 29.8 Å². The second-order valence-corrected chi connectivity index (χ2v) is 20.7. The van der Waals surface area contributed by atoms with E-state index in [4.69, 9.17) is 4.98 Å². The van der Waals surface area contributed by atoms with Crippen molar-refractivity contribution in [3.8, 4) is 5.69 Å². The monoisotopic (exact) mass is 948 g/mol. The molecule has 4 fully saturated rings. The summed E-state index contributed by atoms with van der Waals surface area (Å²) in [4.78, 5) is 79.4. The van der Waals surface area contributed by atoms with Crippen molar-refractivity contribution in [3.05, 3.63) is 122 Å². The van der Waals surface area contributed by atoms with Crippen molar-refractivity contribution in [1.29, 1.82) is 0 Å². The highest BCUT2D eigenvalue weighted by Gasteiger charge is 2.33. The van der Waals surface area contributed by atoms with E-state index in [-0.39, 0.29) is 35.5 Å². The molecule has 0 saturated carbocycles. The Bertz CT molecular complexity index is 3110. The first-order valence-corrected chi connectivity index (χ1v) is 25.5. The van der Waals surface area contributed by atoms with Gasteiger partial charge in [-0.3, -0.25) is 52.9 Å². The van der Waals surface area contributed by atoms with Crippen molar-refractivity contribution in [2.45, 2.75) is 89.4 Å². The number of hydrogen-bond donors (Lipinski definition) is 2. The van der Waals surface area contributed by atoms with Crippen LogP contribution in [0.2, 0.25) is 0 Å². The Morgan fingerprint density at radius 1 is 0.829 bits per heavy atom. The third kappa shape index (κ3) is 8.46. The average molecular weight is 948 g/mol. The van der Waals surface area contributed by atoms with Crippen molar-refractivity contribution in [3.63, 3.8) is 0 Å². The van der Waals surface area contributed by atoms with E-state index < -0.39 is 11.9 Å². The third-order valence-electron chi connectivity index (χ3n) is 16.5. The number of imidazole rings is 1. The first kappa shape index (κ1) is 46.0. The maximum absolute atomic E-state index is 13.8. The van der Waals surface area contributed by atoms with Crippen LogP contribution in [0, 0.1) is 5.92 Å². The number of imide groups is 1. The number of fused-ring (bicyclic) bond motifs is 3. The van der Waals surface area contributed by atoms with Crippen LogP contribution in [-0.2, 0) is 36.6 Å². The second kappa shape index (κ2) is 18.8. The molecule has 5 aliphatic heterocycles. The highest BCUT2D eigenvalue weighted by molar-refractivity contribution is 6.00. The van der Waals surface area contributed by atoms with E-state index in [0.717, 1.165) is 142 Å². The summed E-state index contributed by atoms with van der Waals surface area (Å²) in [6, 6.07) is 20.6. The summed E-state index contributed by atoms with van der Waals surface area (Å²) in [7, 11) is 3.82. The predicted octanol–water partition coefficient (Wildman–Crippen LogP) is 5.32. The number of nitrogens with zero attached hydrogens (tertiary/aromatic N) is 9. The van der Waals surface area contributed by atoms with Crippen LogP contribution < -0.4 is 21.9 Å². The average Bonchev–Trinajstić information content (AvgIpc) is 4.07. The Labute approximate surface area is 407 Å². The molecule has 0 spiro atoms. The summed E-state index contributed by atoms with van der Waals surface area (Å²) in [6.45, 7) is 13.6. The molecule has 11 rings (SSSR count). The molecule has 3 amide bonds. The molecule has 16 nitrogen and oxygen atoms in total. The fourth-order valence-electron chi connectivity index (χ4n) is 12.4. The largest absolute Gasteiger partial charge is 0.384 e. The normalized spacial score (nSPS) is 21.6. The SMILES string of the molecule is C[C@H]1CN(Cc2ccc3c(c2)n(C)c(=O)n3C2CCC(=O)NC2=O)CCN1CC1CCN(C(=O)c2ccc(C3CCN([C@@H](C)c4cc5c(-n6ccc7c(c6=O)CCN7)ccnc5n4C)CC3)cc2)CC1. The fraction of sp³-hybridized carbons (Fsp3) is 0.481. The third-order valence-corrected chi connectivity index (χ3v) is 16.5. The smallest absolute Gasteiger partial charge is 0.329 e. The van der Waals surface area contributed by atoms with Crippen LogP contribution >= 0.6 is 0 Å². The lowest BCUT2D eigenvalue weighted by molar-refractivity contribution is -0.135. The van der Waals surface area contributed by atoms with Gasteiger partial charge in [0.2, 0.25) is 11.8 Å². The van der Waals surface area contributed by atoms with Gasteiger partial charge in [0.15, 0.2) is 0 Å². The minimum absolute atomic E-state index is 0.0348. The number of nitrogens with one attached hydrogen (secondary N) is 2. The van der Waals surface area contributed by atoms with Crippen molar-refractivity contribution in [2.24, 2.45) is 20.0 Å². The lowest BCUT2D eigenvalue weighted by Crippen LogP contribution is -2.53. The predicted molar refractivity (Wildman–Crippen MR) is 270 cm³/mol. The van der Waals surface area contributed by atoms with Gasteiger partial charge in [-0.1, -0.05) is 18.2 Å². The molecule has 5 aliphatic rings. The number of carbonyl (C=O) groups is 3. The number of pyridine rings is 2. The van der Waals surface area contributed by atoms with Crippen LogP contribution in [-0.4, -0.2) is 126 Å². The van der Waals surface area contributed by atoms with Crippen LogP contribution in [0.5, 0.6) is 0 Å². The number of rotatable bonds is 10. The van der Waals surface area contributed by atoms with Gasteiger partial charge in [0.25, 0.3) is 11.5 Å². The highest BCUT2D eigenvalue weighted by Crippen LogP contribution is 2.35. The highest BCUT2D eigenvalue weighted by atomic mass is 16.2. The summed E-state index contributed by atoms with van der Waals surface area (Å²) in [5.74, 6) is 0.416. The molecule has 3 atom stereocenters. The molecule has 9 heterocycles. The number of likely N-dealkylation sites (tertiary alicyclic amines) is 2. The van der Waals surface area contributed by atoms with Crippen LogP contribution in [0.1, 0.15) is 103 Å². The summed E-state index contributed by atoms with van der Waals surface area (Å²) in [6.07, 6.45) is 9.08. The molecule has 0 bridgehead atoms. The zero-order valence-electron chi connectivity index (χ0n) is 40.9. The fourth-order valence-corrected chi connectivity index (χ4v) is 12.4. The molecule has 366 valence electrons. The van der Waals surface area contributed by atoms with E-state index in [2.05, 4.69) is 81.1 Å². The van der Waals surface area contributed by atoms with Crippen LogP contribution in [0.4, 0.5) is 5.69 Å². The van der Waals surface area contributed by atoms with E-state index in [9.17, 15) is 24.0 Å². The summed E-state index contributed by atoms with van der Waals surface area (Å²) >= 11 is 0. The Morgan fingerprint density at radius 3 is 2.37 bits per heavy atom. The number of carbonyl (C=O) groups excluding carboxylic acids is 3. The quantitative estimate of drug-likeness (QED) is 0.173. The van der Waals surface area contributed by atoms with Gasteiger partial charge in [-0.2, -0.15) is 0 Å². The molecule has 1 unspecified atom stereocenters. The molecule has 16 heteroatoms. The Hall–Kier alpha value is -6.36. The number of amides is 3. The van der Waals surface area contributed by atoms with Gasteiger partial charge < -0.3 is 14.8 Å². The lowest BCUT2D eigenvalue weighted by atomic mass is 9.88. The van der Waals surface area contributed by atoms with Gasteiger partial charge in [0.05, 0.1) is 16.7 Å². The molecule has 4 saturated heterocycles. The summed E-state index contributed by atoms with van der Waals surface area (Å²) in [5.41, 5.74) is 9.20. The van der Waals surface area contributed by atoms with Crippen LogP contribution in [0.3, 0.4) is 0 Å². The van der Waals surface area contributed by atoms with E-state index >= 15 is 0 Å². The Morgan fingerprint density at radius 2 is 1.61 bits per heavy atom. The van der Waals surface area contributed by atoms with Gasteiger partial charge in [-0.05, 0) is 131 Å². The van der Waals surface area contributed by atoms with Gasteiger partial charge in [-0.25, -0.2) is 9.78 Å². The van der Waals surface area contributed by atoms with Gasteiger partial charge >= 0.3 is 5.69 Å². The summed E-state index contributed by atoms with van der Waals surface area (Å²) < 4.78 is 7.10. The van der Waals surface area contributed by atoms with E-state index in [1.807, 2.05) is 41.4 Å². The molecule has 6 aromatic rings. The molecular weight excluding hydrogens is 883 g/mol. The molecule has 2 aromatic carbocycles. The van der Waals surface area contributed by atoms with Gasteiger partial charge in [0, 0.05) is 125 Å². The number of hydrogen-bond acceptors (Lipinski definition) is 10. The molecule has 0 radical (unpaired) electrons. The van der Waals surface area contributed by atoms with Gasteiger partial charge in [-0.15, -0.1) is 0 Å². The molecular formula is C54H65N11O5. The maximum atomic E-state index is 13.8. The molecule has 0 aliphatic carbocycles. The molecule has 4 aromatic heterocycles. The van der Waals surface area contributed by atoms with Crippen molar-refractivity contribution < 1.29 is 14.4 Å². The number of piperazine rings is 1. The number of aryl methyl sites for hydroxylation is 2. The molecule has 2 N–H and O–H groups in total. The van der Waals surface area contributed by atoms with Gasteiger partial charge in [0.1, 0.15) is 11.7 Å². The zero-order chi connectivity index (χ0) is 48.4. The number of anilines is 1. The number of aromatic nitrogens is 5. The maximum Gasteiger partial charge on any atom is 0.329 e. The van der Waals surface area contributed by atoms with Crippen LogP contribution in [0.25, 0.3) is 27.8 Å².